The molecular weight excluding hydrogens is 228 g/mol. The average Bonchev–Trinajstić information content (AvgIpc) is 2.97. The topological polar surface area (TPSA) is 90.2 Å². The zero-order valence-electron chi connectivity index (χ0n) is 8.81. The normalized spacial score (nSPS) is 18.2. The number of rotatable bonds is 8. The van der Waals surface area contributed by atoms with Crippen molar-refractivity contribution in [3.8, 4) is 6.07 Å². The number of nitrogens with one attached hydrogen (secondary N) is 1. The third-order valence-corrected chi connectivity index (χ3v) is 4.06. The lowest BCUT2D eigenvalue weighted by atomic mass is 10.1. The van der Waals surface area contributed by atoms with E-state index in [1.54, 1.807) is 0 Å². The van der Waals surface area contributed by atoms with Gasteiger partial charge < -0.3 is 10.4 Å². The average molecular weight is 242 g/mol. The molecule has 1 saturated carbocycles. The van der Waals surface area contributed by atoms with Crippen LogP contribution in [0.1, 0.15) is 19.3 Å². The Kier molecular flexibility index (Phi) is 4.62. The van der Waals surface area contributed by atoms with Crippen LogP contribution < -0.4 is 5.32 Å². The maximum Gasteiger partial charge on any atom is 0.327 e. The van der Waals surface area contributed by atoms with Crippen LogP contribution in [0, 0.1) is 16.7 Å². The van der Waals surface area contributed by atoms with Crippen molar-refractivity contribution in [3.05, 3.63) is 0 Å². The molecule has 5 nitrogen and oxygen atoms in total. The van der Waals surface area contributed by atoms with Gasteiger partial charge in [0, 0.05) is 17.9 Å². The van der Waals surface area contributed by atoms with E-state index in [2.05, 4.69) is 11.4 Å². The third-order valence-electron chi connectivity index (χ3n) is 2.67. The lowest BCUT2D eigenvalue weighted by Gasteiger charge is -2.13. The van der Waals surface area contributed by atoms with E-state index in [0.29, 0.717) is 18.6 Å². The van der Waals surface area contributed by atoms with E-state index in [1.165, 1.54) is 11.8 Å². The molecule has 1 rings (SSSR count). The summed E-state index contributed by atoms with van der Waals surface area (Å²) in [6.07, 6.45) is 3.04. The van der Waals surface area contributed by atoms with Crippen LogP contribution in [0.15, 0.2) is 0 Å². The summed E-state index contributed by atoms with van der Waals surface area (Å²) in [6.45, 7) is 0. The van der Waals surface area contributed by atoms with E-state index in [0.717, 1.165) is 18.6 Å². The van der Waals surface area contributed by atoms with E-state index in [9.17, 15) is 9.59 Å². The third kappa shape index (κ3) is 3.74. The number of carboxylic acids is 1. The minimum Gasteiger partial charge on any atom is -0.480 e. The van der Waals surface area contributed by atoms with Crippen molar-refractivity contribution < 1.29 is 14.7 Å². The summed E-state index contributed by atoms with van der Waals surface area (Å²) in [6, 6.07) is 1.32. The van der Waals surface area contributed by atoms with Crippen molar-refractivity contribution in [2.24, 2.45) is 5.41 Å². The minimum absolute atomic E-state index is 0.115. The van der Waals surface area contributed by atoms with Crippen LogP contribution in [-0.4, -0.2) is 35.0 Å². The van der Waals surface area contributed by atoms with E-state index in [-0.39, 0.29) is 5.41 Å². The molecule has 0 aromatic carbocycles. The van der Waals surface area contributed by atoms with E-state index >= 15 is 0 Å². The second-order valence-corrected chi connectivity index (χ2v) is 5.06. The Labute approximate surface area is 98.2 Å². The van der Waals surface area contributed by atoms with Crippen molar-refractivity contribution >= 4 is 24.1 Å². The van der Waals surface area contributed by atoms with Gasteiger partial charge in [0.15, 0.2) is 0 Å². The minimum atomic E-state index is -1.02. The molecule has 1 unspecified atom stereocenters. The maximum absolute atomic E-state index is 10.7. The number of carbonyl (C=O) groups excluding carboxylic acids is 1. The van der Waals surface area contributed by atoms with Gasteiger partial charge in [-0.15, -0.1) is 0 Å². The predicted molar refractivity (Wildman–Crippen MR) is 59.8 cm³/mol. The first-order chi connectivity index (χ1) is 7.63. The highest BCUT2D eigenvalue weighted by Gasteiger charge is 2.42. The van der Waals surface area contributed by atoms with Crippen LogP contribution >= 0.6 is 11.8 Å². The Morgan fingerprint density at radius 2 is 2.38 bits per heavy atom. The number of carbonyl (C=O) groups is 2. The molecule has 16 heavy (non-hydrogen) atoms. The molecule has 0 spiro atoms. The number of nitrogens with zero attached hydrogens (tertiary/aromatic N) is 1. The number of hydrogen-bond acceptors (Lipinski definition) is 4. The molecule has 1 atom stereocenters. The molecule has 1 aliphatic rings. The molecule has 0 radical (unpaired) electrons. The quantitative estimate of drug-likeness (QED) is 0.609. The molecule has 0 aromatic rings. The smallest absolute Gasteiger partial charge is 0.327 e. The molecule has 1 amide bonds. The van der Waals surface area contributed by atoms with Crippen LogP contribution in [0.5, 0.6) is 0 Å². The van der Waals surface area contributed by atoms with Crippen LogP contribution in [0.3, 0.4) is 0 Å². The summed E-state index contributed by atoms with van der Waals surface area (Å²) in [7, 11) is 0. The molecule has 0 aliphatic heterocycles. The number of amides is 1. The summed E-state index contributed by atoms with van der Waals surface area (Å²) in [5.41, 5.74) is 0.115. The predicted octanol–water partition coefficient (Wildman–Crippen LogP) is 0.613. The Morgan fingerprint density at radius 3 is 2.81 bits per heavy atom. The van der Waals surface area contributed by atoms with Gasteiger partial charge in [0.05, 0.1) is 6.07 Å². The van der Waals surface area contributed by atoms with Gasteiger partial charge in [-0.1, -0.05) is 0 Å². The van der Waals surface area contributed by atoms with Crippen molar-refractivity contribution in [2.75, 3.05) is 11.5 Å². The Morgan fingerprint density at radius 1 is 1.69 bits per heavy atom. The first kappa shape index (κ1) is 12.8. The second kappa shape index (κ2) is 5.75. The molecular formula is C10H14N2O3S. The first-order valence-electron chi connectivity index (χ1n) is 5.01. The van der Waals surface area contributed by atoms with Crippen LogP contribution in [0.2, 0.25) is 0 Å². The monoisotopic (exact) mass is 242 g/mol. The Hall–Kier alpha value is -1.22. The lowest BCUT2D eigenvalue weighted by Crippen LogP contribution is -2.38. The zero-order valence-corrected chi connectivity index (χ0v) is 9.63. The Bertz CT molecular complexity index is 310. The summed E-state index contributed by atoms with van der Waals surface area (Å²) >= 11 is 1.49. The van der Waals surface area contributed by atoms with Crippen LogP contribution in [0.4, 0.5) is 0 Å². The highest BCUT2D eigenvalue weighted by Crippen LogP contribution is 2.50. The largest absolute Gasteiger partial charge is 0.480 e. The lowest BCUT2D eigenvalue weighted by molar-refractivity contribution is -0.139. The van der Waals surface area contributed by atoms with Gasteiger partial charge in [0.2, 0.25) is 6.41 Å². The molecule has 0 bridgehead atoms. The maximum atomic E-state index is 10.7. The molecule has 1 fully saturated rings. The van der Waals surface area contributed by atoms with Crippen LogP contribution in [-0.2, 0) is 9.59 Å². The molecule has 0 saturated heterocycles. The SMILES string of the molecule is N#CCC1(CSCC(NC=O)C(=O)O)CC1. The highest BCUT2D eigenvalue weighted by atomic mass is 32.2. The van der Waals surface area contributed by atoms with Gasteiger partial charge in [0.25, 0.3) is 0 Å². The number of aliphatic carboxylic acids is 1. The number of hydrogen-bond donors (Lipinski definition) is 2. The molecule has 1 aliphatic carbocycles. The fourth-order valence-corrected chi connectivity index (χ4v) is 2.80. The number of carboxylic acid groups (broad SMARTS) is 1. The Balaban J connectivity index is 2.26. The molecule has 6 heteroatoms. The summed E-state index contributed by atoms with van der Waals surface area (Å²) in [5.74, 6) is 0.122. The fraction of sp³-hybridized carbons (Fsp3) is 0.700. The summed E-state index contributed by atoms with van der Waals surface area (Å²) < 4.78 is 0. The fourth-order valence-electron chi connectivity index (χ4n) is 1.38. The van der Waals surface area contributed by atoms with Gasteiger partial charge in [-0.2, -0.15) is 17.0 Å². The van der Waals surface area contributed by atoms with Crippen LogP contribution in [0.25, 0.3) is 0 Å². The van der Waals surface area contributed by atoms with Gasteiger partial charge in [-0.05, 0) is 18.3 Å². The van der Waals surface area contributed by atoms with Gasteiger partial charge in [-0.25, -0.2) is 4.79 Å². The van der Waals surface area contributed by atoms with E-state index in [1.807, 2.05) is 0 Å². The second-order valence-electron chi connectivity index (χ2n) is 4.03. The zero-order chi connectivity index (χ0) is 12.0. The summed E-state index contributed by atoms with van der Waals surface area (Å²) in [5, 5.41) is 19.6. The molecule has 2 N–H and O–H groups in total. The first-order valence-corrected chi connectivity index (χ1v) is 6.16. The van der Waals surface area contributed by atoms with Gasteiger partial charge >= 0.3 is 5.97 Å². The standard InChI is InChI=1S/C10H14N2O3S/c11-4-3-10(1-2-10)6-16-5-8(9(14)15)12-7-13/h7-8H,1-3,5-6H2,(H,12,13)(H,14,15). The summed E-state index contributed by atoms with van der Waals surface area (Å²) in [4.78, 5) is 20.9. The number of nitriles is 1. The molecule has 0 aromatic heterocycles. The van der Waals surface area contributed by atoms with Crippen molar-refractivity contribution in [2.45, 2.75) is 25.3 Å². The molecule has 0 heterocycles. The van der Waals surface area contributed by atoms with Crippen molar-refractivity contribution in [1.82, 2.24) is 5.32 Å². The van der Waals surface area contributed by atoms with Gasteiger partial charge in [-0.3, -0.25) is 4.79 Å². The van der Waals surface area contributed by atoms with Crippen molar-refractivity contribution in [3.63, 3.8) is 0 Å². The van der Waals surface area contributed by atoms with E-state index in [4.69, 9.17) is 10.4 Å². The van der Waals surface area contributed by atoms with Gasteiger partial charge in [0.1, 0.15) is 6.04 Å². The number of thioether (sulfide) groups is 1. The van der Waals surface area contributed by atoms with Crippen molar-refractivity contribution in [1.29, 1.82) is 5.26 Å². The molecule has 88 valence electrons. The van der Waals surface area contributed by atoms with E-state index < -0.39 is 12.0 Å². The highest BCUT2D eigenvalue weighted by molar-refractivity contribution is 7.99.